The number of fused-ring (bicyclic) bond motifs is 1. The number of nitro benzene ring substituents is 1. The summed E-state index contributed by atoms with van der Waals surface area (Å²) in [5.41, 5.74) is 1.41. The normalized spacial score (nSPS) is 13.0. The molecule has 0 fully saturated rings. The van der Waals surface area contributed by atoms with Crippen LogP contribution in [0.2, 0.25) is 0 Å². The molecule has 1 aliphatic rings. The molecule has 0 radical (unpaired) electrons. The molecule has 0 spiro atoms. The third-order valence-electron chi connectivity index (χ3n) is 4.25. The van der Waals surface area contributed by atoms with E-state index in [9.17, 15) is 19.7 Å². The van der Waals surface area contributed by atoms with E-state index in [0.29, 0.717) is 32.7 Å². The number of benzene rings is 2. The summed E-state index contributed by atoms with van der Waals surface area (Å²) in [6.45, 7) is 0. The summed E-state index contributed by atoms with van der Waals surface area (Å²) < 4.78 is 6.23. The van der Waals surface area contributed by atoms with Gasteiger partial charge >= 0.3 is 0 Å². The molecule has 0 amide bonds. The highest BCUT2D eigenvalue weighted by atomic mass is 79.9. The van der Waals surface area contributed by atoms with Gasteiger partial charge in [0, 0.05) is 33.3 Å². The van der Waals surface area contributed by atoms with Crippen LogP contribution in [0, 0.1) is 10.1 Å². The minimum atomic E-state index is -0.485. The highest BCUT2D eigenvalue weighted by Crippen LogP contribution is 2.34. The Kier molecular flexibility index (Phi) is 4.08. The number of ketones is 2. The van der Waals surface area contributed by atoms with Crippen LogP contribution in [0.5, 0.6) is 0 Å². The van der Waals surface area contributed by atoms with Crippen molar-refractivity contribution < 1.29 is 18.9 Å². The molecule has 0 saturated heterocycles. The SMILES string of the molecule is O=C1C(=Cc2ccc(-c3ccc([N+](=O)[O-])cc3Br)o2)C(=O)c2ccccc21. The molecule has 3 aromatic rings. The van der Waals surface area contributed by atoms with Gasteiger partial charge in [0.1, 0.15) is 11.5 Å². The fourth-order valence-electron chi connectivity index (χ4n) is 2.94. The van der Waals surface area contributed by atoms with Crippen molar-refractivity contribution in [2.75, 3.05) is 0 Å². The fraction of sp³-hybridized carbons (Fsp3) is 0. The highest BCUT2D eigenvalue weighted by Gasteiger charge is 2.32. The van der Waals surface area contributed by atoms with E-state index in [-0.39, 0.29) is 22.8 Å². The Morgan fingerprint density at radius 2 is 1.59 bits per heavy atom. The number of furan rings is 1. The Hall–Kier alpha value is -3.32. The van der Waals surface area contributed by atoms with Gasteiger partial charge in [-0.05, 0) is 40.2 Å². The van der Waals surface area contributed by atoms with Gasteiger partial charge < -0.3 is 4.42 Å². The maximum absolute atomic E-state index is 12.4. The Labute approximate surface area is 161 Å². The lowest BCUT2D eigenvalue weighted by molar-refractivity contribution is -0.384. The minimum Gasteiger partial charge on any atom is -0.457 e. The lowest BCUT2D eigenvalue weighted by Crippen LogP contribution is -1.99. The zero-order valence-electron chi connectivity index (χ0n) is 13.6. The molecule has 0 N–H and O–H groups in total. The van der Waals surface area contributed by atoms with Gasteiger partial charge in [-0.1, -0.05) is 24.3 Å². The number of non-ortho nitro benzene ring substituents is 1. The average Bonchev–Trinajstić information content (AvgIpc) is 3.21. The molecule has 1 heterocycles. The molecular formula is C20H10BrNO5. The van der Waals surface area contributed by atoms with E-state index in [1.807, 2.05) is 0 Å². The number of rotatable bonds is 3. The zero-order valence-corrected chi connectivity index (χ0v) is 15.2. The number of hydrogen-bond acceptors (Lipinski definition) is 5. The smallest absolute Gasteiger partial charge is 0.270 e. The first-order valence-electron chi connectivity index (χ1n) is 7.90. The van der Waals surface area contributed by atoms with Crippen LogP contribution in [0.25, 0.3) is 17.4 Å². The molecule has 2 aromatic carbocycles. The standard InChI is InChI=1S/C20H10BrNO5/c21-17-9-11(22(25)26)5-7-15(17)18-8-6-12(27-18)10-16-19(23)13-3-1-2-4-14(13)20(16)24/h1-10H. The van der Waals surface area contributed by atoms with Crippen molar-refractivity contribution in [1.82, 2.24) is 0 Å². The first-order chi connectivity index (χ1) is 13.0. The van der Waals surface area contributed by atoms with Crippen molar-refractivity contribution >= 4 is 39.3 Å². The van der Waals surface area contributed by atoms with Crippen molar-refractivity contribution in [2.45, 2.75) is 0 Å². The first-order valence-corrected chi connectivity index (χ1v) is 8.69. The van der Waals surface area contributed by atoms with Gasteiger partial charge in [-0.3, -0.25) is 19.7 Å². The minimum absolute atomic E-state index is 0.0422. The van der Waals surface area contributed by atoms with Crippen LogP contribution in [0.15, 0.2) is 69.1 Å². The molecule has 4 rings (SSSR count). The molecule has 1 aromatic heterocycles. The van der Waals surface area contributed by atoms with Crippen LogP contribution in [0.4, 0.5) is 5.69 Å². The Balaban J connectivity index is 1.69. The number of carbonyl (C=O) groups is 2. The maximum Gasteiger partial charge on any atom is 0.270 e. The van der Waals surface area contributed by atoms with E-state index in [4.69, 9.17) is 4.42 Å². The first kappa shape index (κ1) is 17.1. The Bertz CT molecular complexity index is 1120. The predicted molar refractivity (Wildman–Crippen MR) is 102 cm³/mol. The summed E-state index contributed by atoms with van der Waals surface area (Å²) >= 11 is 3.30. The van der Waals surface area contributed by atoms with Gasteiger partial charge in [0.15, 0.2) is 11.6 Å². The van der Waals surface area contributed by atoms with Crippen molar-refractivity contribution in [3.05, 3.63) is 91.6 Å². The third-order valence-corrected chi connectivity index (χ3v) is 4.90. The second-order valence-corrected chi connectivity index (χ2v) is 6.74. The van der Waals surface area contributed by atoms with Crippen molar-refractivity contribution in [3.8, 4) is 11.3 Å². The Morgan fingerprint density at radius 1 is 0.926 bits per heavy atom. The average molecular weight is 424 g/mol. The lowest BCUT2D eigenvalue weighted by Gasteiger charge is -2.01. The van der Waals surface area contributed by atoms with Crippen molar-refractivity contribution in [2.24, 2.45) is 0 Å². The van der Waals surface area contributed by atoms with Gasteiger partial charge in [0.05, 0.1) is 10.5 Å². The second kappa shape index (κ2) is 6.44. The highest BCUT2D eigenvalue weighted by molar-refractivity contribution is 9.10. The molecule has 132 valence electrons. The monoisotopic (exact) mass is 423 g/mol. The molecule has 7 heteroatoms. The third kappa shape index (κ3) is 2.92. The van der Waals surface area contributed by atoms with E-state index >= 15 is 0 Å². The quantitative estimate of drug-likeness (QED) is 0.253. The van der Waals surface area contributed by atoms with Crippen LogP contribution >= 0.6 is 15.9 Å². The molecule has 1 aliphatic carbocycles. The molecule has 0 atom stereocenters. The van der Waals surface area contributed by atoms with E-state index in [2.05, 4.69) is 15.9 Å². The molecule has 6 nitrogen and oxygen atoms in total. The van der Waals surface area contributed by atoms with E-state index in [1.165, 1.54) is 18.2 Å². The Morgan fingerprint density at radius 3 is 2.19 bits per heavy atom. The van der Waals surface area contributed by atoms with Gasteiger partial charge in [0.25, 0.3) is 5.69 Å². The summed E-state index contributed by atoms with van der Waals surface area (Å²) in [5, 5.41) is 10.8. The van der Waals surface area contributed by atoms with Gasteiger partial charge in [0.2, 0.25) is 0 Å². The van der Waals surface area contributed by atoms with Crippen LogP contribution in [-0.2, 0) is 0 Å². The summed E-state index contributed by atoms with van der Waals surface area (Å²) in [7, 11) is 0. The number of halogens is 1. The maximum atomic E-state index is 12.4. The molecule has 0 bridgehead atoms. The second-order valence-electron chi connectivity index (χ2n) is 5.89. The van der Waals surface area contributed by atoms with Crippen LogP contribution < -0.4 is 0 Å². The number of allylic oxidation sites excluding steroid dienone is 1. The summed E-state index contributed by atoms with van der Waals surface area (Å²) in [5.74, 6) is 0.147. The van der Waals surface area contributed by atoms with Crippen LogP contribution in [0.1, 0.15) is 26.5 Å². The van der Waals surface area contributed by atoms with Crippen LogP contribution in [-0.4, -0.2) is 16.5 Å². The van der Waals surface area contributed by atoms with E-state index < -0.39 is 4.92 Å². The van der Waals surface area contributed by atoms with Gasteiger partial charge in [-0.15, -0.1) is 0 Å². The summed E-state index contributed by atoms with van der Waals surface area (Å²) in [6.07, 6.45) is 1.42. The number of Topliss-reactive ketones (excluding diaryl/α,β-unsaturated/α-hetero) is 2. The van der Waals surface area contributed by atoms with Crippen molar-refractivity contribution in [1.29, 1.82) is 0 Å². The van der Waals surface area contributed by atoms with Gasteiger partial charge in [-0.2, -0.15) is 0 Å². The van der Waals surface area contributed by atoms with E-state index in [0.717, 1.165) is 0 Å². The molecule has 0 unspecified atom stereocenters. The molecule has 0 aliphatic heterocycles. The topological polar surface area (TPSA) is 90.4 Å². The summed E-state index contributed by atoms with van der Waals surface area (Å²) in [6, 6.07) is 14.3. The van der Waals surface area contributed by atoms with Crippen LogP contribution in [0.3, 0.4) is 0 Å². The van der Waals surface area contributed by atoms with Crippen molar-refractivity contribution in [3.63, 3.8) is 0 Å². The molecule has 27 heavy (non-hydrogen) atoms. The largest absolute Gasteiger partial charge is 0.457 e. The number of carbonyl (C=O) groups excluding carboxylic acids is 2. The predicted octanol–water partition coefficient (Wildman–Crippen LogP) is 5.08. The molecule has 0 saturated carbocycles. The lowest BCUT2D eigenvalue weighted by atomic mass is 10.1. The van der Waals surface area contributed by atoms with Gasteiger partial charge in [-0.25, -0.2) is 0 Å². The number of hydrogen-bond donors (Lipinski definition) is 0. The number of nitro groups is 1. The van der Waals surface area contributed by atoms with E-state index in [1.54, 1.807) is 42.5 Å². The zero-order chi connectivity index (χ0) is 19.1. The summed E-state index contributed by atoms with van der Waals surface area (Å²) in [4.78, 5) is 35.2. The number of nitrogens with zero attached hydrogens (tertiary/aromatic N) is 1. The fourth-order valence-corrected chi connectivity index (χ4v) is 3.50. The molecular weight excluding hydrogens is 414 g/mol.